The summed E-state index contributed by atoms with van der Waals surface area (Å²) in [5.74, 6) is 0. The first-order chi connectivity index (χ1) is 5.92. The van der Waals surface area contributed by atoms with Crippen molar-refractivity contribution in [3.05, 3.63) is 35.9 Å². The molecule has 0 radical (unpaired) electrons. The third kappa shape index (κ3) is 1.10. The Morgan fingerprint density at radius 3 is 3.00 bits per heavy atom. The summed E-state index contributed by atoms with van der Waals surface area (Å²) in [4.78, 5) is 2.15. The van der Waals surface area contributed by atoms with Crippen molar-refractivity contribution in [2.45, 2.75) is 0 Å². The number of benzene rings is 1. The molecular formula is C10H12N2. The SMILES string of the molecule is NCN1CC=Cc2ccccc21. The van der Waals surface area contributed by atoms with Crippen LogP contribution in [0.15, 0.2) is 30.3 Å². The van der Waals surface area contributed by atoms with E-state index in [0.29, 0.717) is 6.67 Å². The van der Waals surface area contributed by atoms with Gasteiger partial charge < -0.3 is 10.6 Å². The molecule has 1 aromatic carbocycles. The van der Waals surface area contributed by atoms with Gasteiger partial charge >= 0.3 is 0 Å². The first kappa shape index (κ1) is 7.37. The van der Waals surface area contributed by atoms with Crippen molar-refractivity contribution < 1.29 is 0 Å². The molecule has 1 aromatic rings. The Morgan fingerprint density at radius 1 is 1.33 bits per heavy atom. The number of anilines is 1. The summed E-state index contributed by atoms with van der Waals surface area (Å²) in [5.41, 5.74) is 8.11. The van der Waals surface area contributed by atoms with Crippen LogP contribution in [0.25, 0.3) is 6.08 Å². The summed E-state index contributed by atoms with van der Waals surface area (Å²) < 4.78 is 0. The van der Waals surface area contributed by atoms with Crippen LogP contribution in [-0.4, -0.2) is 13.2 Å². The van der Waals surface area contributed by atoms with Crippen molar-refractivity contribution in [3.63, 3.8) is 0 Å². The molecule has 0 aliphatic carbocycles. The van der Waals surface area contributed by atoms with Crippen LogP contribution in [0.5, 0.6) is 0 Å². The highest BCUT2D eigenvalue weighted by atomic mass is 15.2. The van der Waals surface area contributed by atoms with Gasteiger partial charge in [-0.15, -0.1) is 0 Å². The predicted octanol–water partition coefficient (Wildman–Crippen LogP) is 1.44. The van der Waals surface area contributed by atoms with Crippen LogP contribution in [0.4, 0.5) is 5.69 Å². The van der Waals surface area contributed by atoms with Gasteiger partial charge in [0.1, 0.15) is 0 Å². The van der Waals surface area contributed by atoms with Crippen molar-refractivity contribution in [1.82, 2.24) is 0 Å². The molecule has 0 saturated carbocycles. The fourth-order valence-electron chi connectivity index (χ4n) is 1.49. The summed E-state index contributed by atoms with van der Waals surface area (Å²) in [7, 11) is 0. The van der Waals surface area contributed by atoms with E-state index in [1.165, 1.54) is 11.3 Å². The van der Waals surface area contributed by atoms with E-state index in [-0.39, 0.29) is 0 Å². The number of hydrogen-bond donors (Lipinski definition) is 1. The van der Waals surface area contributed by atoms with E-state index in [4.69, 9.17) is 5.73 Å². The molecule has 1 aliphatic heterocycles. The average molecular weight is 160 g/mol. The highest BCUT2D eigenvalue weighted by molar-refractivity contribution is 5.70. The van der Waals surface area contributed by atoms with E-state index in [9.17, 15) is 0 Å². The van der Waals surface area contributed by atoms with Crippen molar-refractivity contribution in [3.8, 4) is 0 Å². The smallest absolute Gasteiger partial charge is 0.0660 e. The molecule has 0 unspecified atom stereocenters. The first-order valence-corrected chi connectivity index (χ1v) is 4.12. The van der Waals surface area contributed by atoms with Gasteiger partial charge in [-0.3, -0.25) is 0 Å². The van der Waals surface area contributed by atoms with Crippen molar-refractivity contribution in [2.24, 2.45) is 5.73 Å². The van der Waals surface area contributed by atoms with Gasteiger partial charge in [-0.1, -0.05) is 30.4 Å². The van der Waals surface area contributed by atoms with Gasteiger partial charge in [0, 0.05) is 12.2 Å². The third-order valence-electron chi connectivity index (χ3n) is 2.12. The molecule has 1 aliphatic rings. The predicted molar refractivity (Wildman–Crippen MR) is 51.9 cm³/mol. The van der Waals surface area contributed by atoms with E-state index in [0.717, 1.165) is 6.54 Å². The van der Waals surface area contributed by atoms with E-state index in [1.807, 2.05) is 12.1 Å². The standard InChI is InChI=1S/C10H12N2/c11-8-12-7-3-5-9-4-1-2-6-10(9)12/h1-6H,7-8,11H2. The molecule has 0 amide bonds. The number of fused-ring (bicyclic) bond motifs is 1. The van der Waals surface area contributed by atoms with Crippen LogP contribution < -0.4 is 10.6 Å². The minimum Gasteiger partial charge on any atom is -0.355 e. The lowest BCUT2D eigenvalue weighted by Gasteiger charge is -2.26. The van der Waals surface area contributed by atoms with E-state index >= 15 is 0 Å². The van der Waals surface area contributed by atoms with E-state index in [2.05, 4.69) is 29.2 Å². The molecule has 0 saturated heterocycles. The zero-order valence-electron chi connectivity index (χ0n) is 6.90. The molecule has 1 heterocycles. The van der Waals surface area contributed by atoms with E-state index < -0.39 is 0 Å². The number of rotatable bonds is 1. The molecule has 0 aromatic heterocycles. The molecule has 0 fully saturated rings. The Labute approximate surface area is 72.3 Å². The molecule has 12 heavy (non-hydrogen) atoms. The lowest BCUT2D eigenvalue weighted by Crippen LogP contribution is -2.31. The highest BCUT2D eigenvalue weighted by Crippen LogP contribution is 2.23. The van der Waals surface area contributed by atoms with Gasteiger partial charge in [-0.2, -0.15) is 0 Å². The zero-order valence-corrected chi connectivity index (χ0v) is 6.90. The Morgan fingerprint density at radius 2 is 2.17 bits per heavy atom. The van der Waals surface area contributed by atoms with Crippen LogP contribution in [0.1, 0.15) is 5.56 Å². The van der Waals surface area contributed by atoms with Crippen molar-refractivity contribution >= 4 is 11.8 Å². The summed E-state index contributed by atoms with van der Waals surface area (Å²) in [6, 6.07) is 8.29. The van der Waals surface area contributed by atoms with Gasteiger partial charge in [0.25, 0.3) is 0 Å². The molecule has 0 atom stereocenters. The minimum atomic E-state index is 0.585. The van der Waals surface area contributed by atoms with Gasteiger partial charge in [0.2, 0.25) is 0 Å². The quantitative estimate of drug-likeness (QED) is 0.673. The largest absolute Gasteiger partial charge is 0.355 e. The fraction of sp³-hybridized carbons (Fsp3) is 0.200. The summed E-state index contributed by atoms with van der Waals surface area (Å²) in [6.45, 7) is 1.51. The Bertz CT molecular complexity index is 304. The molecular weight excluding hydrogens is 148 g/mol. The molecule has 2 rings (SSSR count). The Hall–Kier alpha value is -1.28. The van der Waals surface area contributed by atoms with Gasteiger partial charge in [-0.05, 0) is 11.6 Å². The van der Waals surface area contributed by atoms with Gasteiger partial charge in [0.05, 0.1) is 6.67 Å². The molecule has 2 N–H and O–H groups in total. The number of nitrogens with two attached hydrogens (primary N) is 1. The molecule has 2 nitrogen and oxygen atoms in total. The Balaban J connectivity index is 2.45. The number of para-hydroxylation sites is 1. The highest BCUT2D eigenvalue weighted by Gasteiger charge is 2.09. The zero-order chi connectivity index (χ0) is 8.39. The summed E-state index contributed by atoms with van der Waals surface area (Å²) in [6.07, 6.45) is 4.27. The minimum absolute atomic E-state index is 0.585. The average Bonchev–Trinajstić information content (AvgIpc) is 2.17. The second-order valence-corrected chi connectivity index (χ2v) is 2.87. The van der Waals surface area contributed by atoms with Gasteiger partial charge in [0.15, 0.2) is 0 Å². The van der Waals surface area contributed by atoms with Crippen LogP contribution in [0.2, 0.25) is 0 Å². The molecule has 62 valence electrons. The van der Waals surface area contributed by atoms with E-state index in [1.54, 1.807) is 0 Å². The van der Waals surface area contributed by atoms with Gasteiger partial charge in [-0.25, -0.2) is 0 Å². The summed E-state index contributed by atoms with van der Waals surface area (Å²) >= 11 is 0. The molecule has 2 heteroatoms. The third-order valence-corrected chi connectivity index (χ3v) is 2.12. The maximum Gasteiger partial charge on any atom is 0.0660 e. The van der Waals surface area contributed by atoms with Crippen LogP contribution in [0.3, 0.4) is 0 Å². The van der Waals surface area contributed by atoms with Crippen LogP contribution in [-0.2, 0) is 0 Å². The molecule has 0 bridgehead atoms. The van der Waals surface area contributed by atoms with Crippen LogP contribution >= 0.6 is 0 Å². The number of hydrogen-bond acceptors (Lipinski definition) is 2. The van der Waals surface area contributed by atoms with Crippen molar-refractivity contribution in [2.75, 3.05) is 18.1 Å². The monoisotopic (exact) mass is 160 g/mol. The summed E-state index contributed by atoms with van der Waals surface area (Å²) in [5, 5.41) is 0. The normalized spacial score (nSPS) is 14.6. The maximum absolute atomic E-state index is 5.61. The fourth-order valence-corrected chi connectivity index (χ4v) is 1.49. The number of nitrogens with zero attached hydrogens (tertiary/aromatic N) is 1. The lowest BCUT2D eigenvalue weighted by molar-refractivity contribution is 0.872. The second kappa shape index (κ2) is 2.99. The maximum atomic E-state index is 5.61. The lowest BCUT2D eigenvalue weighted by atomic mass is 10.1. The van der Waals surface area contributed by atoms with Crippen molar-refractivity contribution in [1.29, 1.82) is 0 Å². The van der Waals surface area contributed by atoms with Crippen LogP contribution in [0, 0.1) is 0 Å². The molecule has 0 spiro atoms. The Kier molecular flexibility index (Phi) is 1.84. The topological polar surface area (TPSA) is 29.3 Å². The second-order valence-electron chi connectivity index (χ2n) is 2.87. The first-order valence-electron chi connectivity index (χ1n) is 4.12.